The third kappa shape index (κ3) is 2.26. The molecule has 3 rings (SSSR count). The summed E-state index contributed by atoms with van der Waals surface area (Å²) in [6.07, 6.45) is -6.19. The Bertz CT molecular complexity index is 646. The standard InChI is InChI=1S/C13H12F4N2O/c14-8-2-1-3-9-12(8)18-11(19(9)7-4-5-7)6-10(20)13(15,16)17/h1-3,7,10,20H,4-6H2. The molecule has 0 radical (unpaired) electrons. The van der Waals surface area contributed by atoms with Gasteiger partial charge in [0.1, 0.15) is 11.3 Å². The highest BCUT2D eigenvalue weighted by Gasteiger charge is 2.40. The molecule has 0 bridgehead atoms. The number of rotatable bonds is 3. The van der Waals surface area contributed by atoms with Gasteiger partial charge in [-0.15, -0.1) is 0 Å². The molecule has 0 spiro atoms. The Hall–Kier alpha value is -1.63. The van der Waals surface area contributed by atoms with E-state index in [9.17, 15) is 22.7 Å². The van der Waals surface area contributed by atoms with E-state index in [1.165, 1.54) is 12.1 Å². The summed E-state index contributed by atoms with van der Waals surface area (Å²) in [6, 6.07) is 4.41. The van der Waals surface area contributed by atoms with Crippen LogP contribution in [0.25, 0.3) is 11.0 Å². The van der Waals surface area contributed by atoms with Crippen molar-refractivity contribution in [3.63, 3.8) is 0 Å². The van der Waals surface area contributed by atoms with Crippen molar-refractivity contribution in [2.24, 2.45) is 0 Å². The molecule has 1 heterocycles. The summed E-state index contributed by atoms with van der Waals surface area (Å²) in [7, 11) is 0. The number of para-hydroxylation sites is 1. The fourth-order valence-corrected chi connectivity index (χ4v) is 2.30. The summed E-state index contributed by atoms with van der Waals surface area (Å²) in [6.45, 7) is 0. The quantitative estimate of drug-likeness (QED) is 0.882. The zero-order valence-electron chi connectivity index (χ0n) is 10.4. The molecule has 108 valence electrons. The first-order chi connectivity index (χ1) is 9.38. The summed E-state index contributed by atoms with van der Waals surface area (Å²) >= 11 is 0. The van der Waals surface area contributed by atoms with Crippen LogP contribution in [0.4, 0.5) is 17.6 Å². The number of imidazole rings is 1. The highest BCUT2D eigenvalue weighted by atomic mass is 19.4. The number of alkyl halides is 3. The van der Waals surface area contributed by atoms with Gasteiger partial charge in [0, 0.05) is 12.5 Å². The lowest BCUT2D eigenvalue weighted by Crippen LogP contribution is -2.31. The molecule has 1 aliphatic rings. The minimum atomic E-state index is -4.70. The van der Waals surface area contributed by atoms with Crippen LogP contribution in [0.15, 0.2) is 18.2 Å². The van der Waals surface area contributed by atoms with Crippen molar-refractivity contribution >= 4 is 11.0 Å². The number of benzene rings is 1. The van der Waals surface area contributed by atoms with Crippen LogP contribution in [0.3, 0.4) is 0 Å². The lowest BCUT2D eigenvalue weighted by molar-refractivity contribution is -0.203. The predicted molar refractivity (Wildman–Crippen MR) is 63.7 cm³/mol. The van der Waals surface area contributed by atoms with Crippen molar-refractivity contribution < 1.29 is 22.7 Å². The fourth-order valence-electron chi connectivity index (χ4n) is 2.30. The molecule has 1 unspecified atom stereocenters. The van der Waals surface area contributed by atoms with E-state index in [2.05, 4.69) is 4.98 Å². The van der Waals surface area contributed by atoms with E-state index >= 15 is 0 Å². The topological polar surface area (TPSA) is 38.1 Å². The molecule has 1 aromatic heterocycles. The van der Waals surface area contributed by atoms with Gasteiger partial charge in [-0.1, -0.05) is 6.07 Å². The molecule has 1 N–H and O–H groups in total. The Kier molecular flexibility index (Phi) is 2.97. The van der Waals surface area contributed by atoms with E-state index in [1.54, 1.807) is 10.6 Å². The summed E-state index contributed by atoms with van der Waals surface area (Å²) in [5, 5.41) is 9.19. The predicted octanol–water partition coefficient (Wildman–Crippen LogP) is 2.98. The second-order valence-electron chi connectivity index (χ2n) is 5.00. The molecule has 1 atom stereocenters. The Labute approximate surface area is 111 Å². The van der Waals surface area contributed by atoms with Crippen LogP contribution >= 0.6 is 0 Å². The van der Waals surface area contributed by atoms with Gasteiger partial charge in [-0.2, -0.15) is 13.2 Å². The average Bonchev–Trinajstić information content (AvgIpc) is 3.11. The van der Waals surface area contributed by atoms with Crippen molar-refractivity contribution in [2.75, 3.05) is 0 Å². The molecule has 20 heavy (non-hydrogen) atoms. The van der Waals surface area contributed by atoms with Crippen molar-refractivity contribution in [2.45, 2.75) is 37.6 Å². The Morgan fingerprint density at radius 1 is 1.35 bits per heavy atom. The van der Waals surface area contributed by atoms with Gasteiger partial charge in [0.25, 0.3) is 0 Å². The fraction of sp³-hybridized carbons (Fsp3) is 0.462. The van der Waals surface area contributed by atoms with Crippen molar-refractivity contribution in [3.05, 3.63) is 29.8 Å². The van der Waals surface area contributed by atoms with Gasteiger partial charge in [-0.3, -0.25) is 0 Å². The largest absolute Gasteiger partial charge is 0.414 e. The van der Waals surface area contributed by atoms with Crippen LogP contribution in [-0.4, -0.2) is 26.9 Å². The first kappa shape index (κ1) is 13.4. The molecule has 1 aliphatic carbocycles. The third-order valence-electron chi connectivity index (χ3n) is 3.41. The number of hydrogen-bond acceptors (Lipinski definition) is 2. The monoisotopic (exact) mass is 288 g/mol. The van der Waals surface area contributed by atoms with Crippen LogP contribution in [0, 0.1) is 5.82 Å². The maximum Gasteiger partial charge on any atom is 0.414 e. The minimum Gasteiger partial charge on any atom is -0.383 e. The smallest absolute Gasteiger partial charge is 0.383 e. The number of aliphatic hydroxyl groups excluding tert-OH is 1. The third-order valence-corrected chi connectivity index (χ3v) is 3.41. The van der Waals surface area contributed by atoms with Gasteiger partial charge in [0.05, 0.1) is 5.52 Å². The molecule has 0 amide bonds. The molecule has 7 heteroatoms. The van der Waals surface area contributed by atoms with Gasteiger partial charge in [0.15, 0.2) is 11.9 Å². The maximum absolute atomic E-state index is 13.7. The molecule has 3 nitrogen and oxygen atoms in total. The van der Waals surface area contributed by atoms with Gasteiger partial charge in [-0.05, 0) is 25.0 Å². The Balaban J connectivity index is 2.06. The Morgan fingerprint density at radius 3 is 2.65 bits per heavy atom. The van der Waals surface area contributed by atoms with Crippen LogP contribution in [-0.2, 0) is 6.42 Å². The molecule has 1 fully saturated rings. The van der Waals surface area contributed by atoms with Crippen molar-refractivity contribution in [3.8, 4) is 0 Å². The van der Waals surface area contributed by atoms with Crippen molar-refractivity contribution in [1.29, 1.82) is 0 Å². The highest BCUT2D eigenvalue weighted by molar-refractivity contribution is 5.77. The second kappa shape index (κ2) is 4.44. The summed E-state index contributed by atoms with van der Waals surface area (Å²) in [5.41, 5.74) is 0.542. The normalized spacial score (nSPS) is 17.6. The van der Waals surface area contributed by atoms with Gasteiger partial charge >= 0.3 is 6.18 Å². The first-order valence-corrected chi connectivity index (χ1v) is 6.28. The van der Waals surface area contributed by atoms with E-state index in [4.69, 9.17) is 0 Å². The SMILES string of the molecule is OC(Cc1nc2c(F)cccc2n1C1CC1)C(F)(F)F. The van der Waals surface area contributed by atoms with Gasteiger partial charge in [0.2, 0.25) is 0 Å². The van der Waals surface area contributed by atoms with Crippen LogP contribution in [0.5, 0.6) is 0 Å². The number of halogens is 4. The number of aromatic nitrogens is 2. The molecule has 0 aliphatic heterocycles. The molecule has 2 aromatic rings. The zero-order chi connectivity index (χ0) is 14.5. The van der Waals surface area contributed by atoms with E-state index in [1.807, 2.05) is 0 Å². The number of fused-ring (bicyclic) bond motifs is 1. The number of aliphatic hydroxyl groups is 1. The van der Waals surface area contributed by atoms with E-state index in [0.29, 0.717) is 5.52 Å². The van der Waals surface area contributed by atoms with Gasteiger partial charge < -0.3 is 9.67 Å². The highest BCUT2D eigenvalue weighted by Crippen LogP contribution is 2.39. The van der Waals surface area contributed by atoms with Crippen LogP contribution < -0.4 is 0 Å². The van der Waals surface area contributed by atoms with Gasteiger partial charge in [-0.25, -0.2) is 9.37 Å². The zero-order valence-corrected chi connectivity index (χ0v) is 10.4. The molecule has 1 aromatic carbocycles. The number of nitrogens with zero attached hydrogens (tertiary/aromatic N) is 2. The summed E-state index contributed by atoms with van der Waals surface area (Å²) < 4.78 is 52.7. The van der Waals surface area contributed by atoms with E-state index in [-0.39, 0.29) is 17.4 Å². The Morgan fingerprint density at radius 2 is 2.05 bits per heavy atom. The van der Waals surface area contributed by atoms with Crippen LogP contribution in [0.2, 0.25) is 0 Å². The minimum absolute atomic E-state index is 0.0530. The molecule has 0 saturated heterocycles. The van der Waals surface area contributed by atoms with E-state index < -0.39 is 24.5 Å². The molecular weight excluding hydrogens is 276 g/mol. The van der Waals surface area contributed by atoms with Crippen LogP contribution in [0.1, 0.15) is 24.7 Å². The molecule has 1 saturated carbocycles. The molecular formula is C13H12F4N2O. The lowest BCUT2D eigenvalue weighted by atomic mass is 10.2. The van der Waals surface area contributed by atoms with E-state index in [0.717, 1.165) is 12.8 Å². The first-order valence-electron chi connectivity index (χ1n) is 6.28. The van der Waals surface area contributed by atoms with Crippen molar-refractivity contribution in [1.82, 2.24) is 9.55 Å². The summed E-state index contributed by atoms with van der Waals surface area (Å²) in [5.74, 6) is -0.484. The number of hydrogen-bond donors (Lipinski definition) is 1. The second-order valence-corrected chi connectivity index (χ2v) is 5.00. The summed E-state index contributed by atoms with van der Waals surface area (Å²) in [4.78, 5) is 3.95. The maximum atomic E-state index is 13.7. The lowest BCUT2D eigenvalue weighted by Gasteiger charge is -2.15. The average molecular weight is 288 g/mol.